The smallest absolute Gasteiger partial charge is 0.339 e. The van der Waals surface area contributed by atoms with Crippen LogP contribution in [0.2, 0.25) is 0 Å². The lowest BCUT2D eigenvalue weighted by Crippen LogP contribution is -2.10. The number of fused-ring (bicyclic) bond motifs is 2. The van der Waals surface area contributed by atoms with Crippen LogP contribution in [-0.2, 0) is 17.8 Å². The summed E-state index contributed by atoms with van der Waals surface area (Å²) in [6.45, 7) is 1.62. The highest BCUT2D eigenvalue weighted by molar-refractivity contribution is 6.07. The van der Waals surface area contributed by atoms with Crippen LogP contribution in [0.25, 0.3) is 22.6 Å². The predicted molar refractivity (Wildman–Crippen MR) is 105 cm³/mol. The Bertz CT molecular complexity index is 1240. The van der Waals surface area contributed by atoms with Crippen LogP contribution in [-0.4, -0.2) is 21.2 Å². The Hall–Kier alpha value is -3.74. The number of hydrogen-bond donors (Lipinski definition) is 0. The Kier molecular flexibility index (Phi) is 4.20. The molecule has 0 atom stereocenters. The average Bonchev–Trinajstić information content (AvgIpc) is 3.47. The monoisotopic (exact) mass is 387 g/mol. The van der Waals surface area contributed by atoms with Gasteiger partial charge in [-0.1, -0.05) is 18.2 Å². The third kappa shape index (κ3) is 3.20. The van der Waals surface area contributed by atoms with Gasteiger partial charge >= 0.3 is 5.97 Å². The van der Waals surface area contributed by atoms with Crippen LogP contribution in [0, 0.1) is 6.92 Å². The lowest BCUT2D eigenvalue weighted by atomic mass is 10.0. The summed E-state index contributed by atoms with van der Waals surface area (Å²) in [5.74, 6) is 1.04. The summed E-state index contributed by atoms with van der Waals surface area (Å²) in [4.78, 5) is 17.9. The molecule has 5 rings (SSSR count). The summed E-state index contributed by atoms with van der Waals surface area (Å²) in [6.07, 6.45) is 5.11. The zero-order valence-electron chi connectivity index (χ0n) is 15.7. The van der Waals surface area contributed by atoms with Gasteiger partial charge in [-0.15, -0.1) is 10.2 Å². The molecule has 1 aromatic carbocycles. The van der Waals surface area contributed by atoms with E-state index in [2.05, 4.69) is 10.2 Å². The second-order valence-electron chi connectivity index (χ2n) is 6.81. The van der Waals surface area contributed by atoms with Crippen LogP contribution < -0.4 is 0 Å². The van der Waals surface area contributed by atoms with E-state index in [-0.39, 0.29) is 12.5 Å². The van der Waals surface area contributed by atoms with Crippen molar-refractivity contribution in [2.45, 2.75) is 26.4 Å². The molecule has 0 unspecified atom stereocenters. The number of ether oxygens (including phenoxy) is 1. The van der Waals surface area contributed by atoms with Crippen LogP contribution in [0.15, 0.2) is 51.5 Å². The number of allylic oxidation sites excluding steroid dienone is 1. The van der Waals surface area contributed by atoms with E-state index in [1.807, 2.05) is 42.5 Å². The Balaban J connectivity index is 1.56. The van der Waals surface area contributed by atoms with E-state index < -0.39 is 5.97 Å². The minimum Gasteiger partial charge on any atom is -0.465 e. The Morgan fingerprint density at radius 2 is 2.07 bits per heavy atom. The molecule has 0 N–H and O–H groups in total. The summed E-state index contributed by atoms with van der Waals surface area (Å²) >= 11 is 0. The zero-order valence-corrected chi connectivity index (χ0v) is 15.7. The van der Waals surface area contributed by atoms with Gasteiger partial charge in [-0.3, -0.25) is 0 Å². The van der Waals surface area contributed by atoms with Gasteiger partial charge < -0.3 is 13.6 Å². The van der Waals surface area contributed by atoms with E-state index in [1.54, 1.807) is 13.2 Å². The highest BCUT2D eigenvalue weighted by atomic mass is 16.5. The van der Waals surface area contributed by atoms with Crippen molar-refractivity contribution < 1.29 is 18.4 Å². The molecule has 4 aromatic rings. The van der Waals surface area contributed by atoms with Crippen molar-refractivity contribution >= 4 is 28.5 Å². The molecule has 3 aromatic heterocycles. The maximum absolute atomic E-state index is 13.0. The molecular weight excluding hydrogens is 370 g/mol. The molecule has 0 amide bonds. The molecule has 0 saturated heterocycles. The molecule has 7 nitrogen and oxygen atoms in total. The molecule has 0 spiro atoms. The van der Waals surface area contributed by atoms with E-state index in [0.717, 1.165) is 39.9 Å². The molecule has 3 heterocycles. The van der Waals surface area contributed by atoms with Crippen molar-refractivity contribution in [3.8, 4) is 0 Å². The van der Waals surface area contributed by atoms with Gasteiger partial charge in [0.15, 0.2) is 6.61 Å². The summed E-state index contributed by atoms with van der Waals surface area (Å²) < 4.78 is 16.2. The molecule has 0 aliphatic heterocycles. The Morgan fingerprint density at radius 3 is 2.86 bits per heavy atom. The molecule has 0 bridgehead atoms. The van der Waals surface area contributed by atoms with Gasteiger partial charge in [-0.25, -0.2) is 9.78 Å². The fourth-order valence-electron chi connectivity index (χ4n) is 3.65. The third-order valence-corrected chi connectivity index (χ3v) is 4.90. The van der Waals surface area contributed by atoms with Gasteiger partial charge in [0.1, 0.15) is 5.76 Å². The van der Waals surface area contributed by atoms with Gasteiger partial charge in [0.25, 0.3) is 5.89 Å². The van der Waals surface area contributed by atoms with Crippen LogP contribution in [0.4, 0.5) is 0 Å². The van der Waals surface area contributed by atoms with Crippen molar-refractivity contribution in [2.24, 2.45) is 0 Å². The normalized spacial score (nSPS) is 14.4. The number of pyridine rings is 1. The molecule has 1 aliphatic rings. The molecule has 0 saturated carbocycles. The number of para-hydroxylation sites is 1. The van der Waals surface area contributed by atoms with Gasteiger partial charge in [0, 0.05) is 12.3 Å². The van der Waals surface area contributed by atoms with Crippen molar-refractivity contribution in [3.63, 3.8) is 0 Å². The minimum atomic E-state index is -0.421. The molecule has 1 aliphatic carbocycles. The predicted octanol–water partition coefficient (Wildman–Crippen LogP) is 4.36. The maximum Gasteiger partial charge on any atom is 0.339 e. The standard InChI is InChI=1S/C22H17N3O4/c1-13-24-25-19(29-13)12-28-22(26)20-16-6-2-3-7-18(16)23-21-14(8-9-17(20)21)11-15-5-4-10-27-15/h2-7,10-11H,8-9,12H2,1H3/b14-11-. The van der Waals surface area contributed by atoms with E-state index in [0.29, 0.717) is 17.9 Å². The quantitative estimate of drug-likeness (QED) is 0.480. The van der Waals surface area contributed by atoms with Gasteiger partial charge in [-0.05, 0) is 48.3 Å². The summed E-state index contributed by atoms with van der Waals surface area (Å²) in [7, 11) is 0. The van der Waals surface area contributed by atoms with Gasteiger partial charge in [-0.2, -0.15) is 0 Å². The number of nitrogens with zero attached hydrogens (tertiary/aromatic N) is 3. The molecule has 29 heavy (non-hydrogen) atoms. The van der Waals surface area contributed by atoms with Gasteiger partial charge in [0.05, 0.1) is 23.0 Å². The SMILES string of the molecule is Cc1nnc(COC(=O)c2c3c(nc4ccccc24)/C(=C\c2ccco2)CC3)o1. The van der Waals surface area contributed by atoms with E-state index in [1.165, 1.54) is 0 Å². The number of rotatable bonds is 4. The second-order valence-corrected chi connectivity index (χ2v) is 6.81. The Morgan fingerprint density at radius 1 is 1.17 bits per heavy atom. The number of aromatic nitrogens is 3. The lowest BCUT2D eigenvalue weighted by Gasteiger charge is -2.11. The van der Waals surface area contributed by atoms with E-state index >= 15 is 0 Å². The number of carbonyl (C=O) groups excluding carboxylic acids is 1. The van der Waals surface area contributed by atoms with Crippen LogP contribution >= 0.6 is 0 Å². The molecule has 0 fully saturated rings. The first-order valence-electron chi connectivity index (χ1n) is 9.31. The largest absolute Gasteiger partial charge is 0.465 e. The molecule has 7 heteroatoms. The fraction of sp³-hybridized carbons (Fsp3) is 0.182. The minimum absolute atomic E-state index is 0.0693. The number of esters is 1. The highest BCUT2D eigenvalue weighted by Crippen LogP contribution is 2.37. The first kappa shape index (κ1) is 17.4. The van der Waals surface area contributed by atoms with Gasteiger partial charge in [0.2, 0.25) is 5.89 Å². The number of benzene rings is 1. The highest BCUT2D eigenvalue weighted by Gasteiger charge is 2.28. The molecule has 0 radical (unpaired) electrons. The maximum atomic E-state index is 13.0. The molecule has 144 valence electrons. The summed E-state index contributed by atoms with van der Waals surface area (Å²) in [6, 6.07) is 11.3. The third-order valence-electron chi connectivity index (χ3n) is 4.90. The second kappa shape index (κ2) is 7.01. The summed E-state index contributed by atoms with van der Waals surface area (Å²) in [5, 5.41) is 8.41. The number of hydrogen-bond acceptors (Lipinski definition) is 7. The lowest BCUT2D eigenvalue weighted by molar-refractivity contribution is 0.0438. The van der Waals surface area contributed by atoms with Crippen molar-refractivity contribution in [1.29, 1.82) is 0 Å². The topological polar surface area (TPSA) is 91.2 Å². The summed E-state index contributed by atoms with van der Waals surface area (Å²) in [5.41, 5.74) is 4.06. The first-order chi connectivity index (χ1) is 14.2. The number of carbonyl (C=O) groups is 1. The van der Waals surface area contributed by atoms with Crippen molar-refractivity contribution in [3.05, 3.63) is 77.0 Å². The van der Waals surface area contributed by atoms with Crippen molar-refractivity contribution in [2.75, 3.05) is 0 Å². The van der Waals surface area contributed by atoms with Crippen LogP contribution in [0.3, 0.4) is 0 Å². The van der Waals surface area contributed by atoms with E-state index in [4.69, 9.17) is 18.6 Å². The Labute approximate surface area is 166 Å². The molecular formula is C22H17N3O4. The van der Waals surface area contributed by atoms with Crippen LogP contribution in [0.5, 0.6) is 0 Å². The zero-order chi connectivity index (χ0) is 19.8. The number of furan rings is 1. The fourth-order valence-corrected chi connectivity index (χ4v) is 3.65. The van der Waals surface area contributed by atoms with Crippen molar-refractivity contribution in [1.82, 2.24) is 15.2 Å². The average molecular weight is 387 g/mol. The van der Waals surface area contributed by atoms with E-state index in [9.17, 15) is 4.79 Å². The number of aryl methyl sites for hydroxylation is 1. The first-order valence-corrected chi connectivity index (χ1v) is 9.31. The van der Waals surface area contributed by atoms with Crippen LogP contribution in [0.1, 0.15) is 45.6 Å².